The predicted molar refractivity (Wildman–Crippen MR) is 92.7 cm³/mol. The van der Waals surface area contributed by atoms with Crippen molar-refractivity contribution in [2.24, 2.45) is 0 Å². The highest BCUT2D eigenvalue weighted by Gasteiger charge is 2.31. The van der Waals surface area contributed by atoms with Gasteiger partial charge in [-0.1, -0.05) is 23.3 Å². The van der Waals surface area contributed by atoms with Crippen LogP contribution >= 0.6 is 11.3 Å². The Morgan fingerprint density at radius 3 is 3.12 bits per heavy atom. The highest BCUT2D eigenvalue weighted by molar-refractivity contribution is 7.13. The Balaban J connectivity index is 1.46. The number of rotatable bonds is 5. The van der Waals surface area contributed by atoms with Crippen LogP contribution in [0.5, 0.6) is 0 Å². The summed E-state index contributed by atoms with van der Waals surface area (Å²) in [6, 6.07) is 5.56. The third-order valence-corrected chi connectivity index (χ3v) is 4.95. The molecule has 0 spiro atoms. The van der Waals surface area contributed by atoms with Gasteiger partial charge in [-0.05, 0) is 17.9 Å². The molecule has 9 heteroatoms. The zero-order chi connectivity index (χ0) is 17.9. The van der Waals surface area contributed by atoms with Crippen molar-refractivity contribution < 1.29 is 18.6 Å². The van der Waals surface area contributed by atoms with Gasteiger partial charge in [0.25, 0.3) is 11.8 Å². The average molecular weight is 374 g/mol. The molecular weight excluding hydrogens is 356 g/mol. The van der Waals surface area contributed by atoms with Crippen LogP contribution in [0.3, 0.4) is 0 Å². The number of nitrogens with zero attached hydrogens (tertiary/aromatic N) is 4. The molecule has 0 aliphatic carbocycles. The van der Waals surface area contributed by atoms with Crippen LogP contribution < -0.4 is 0 Å². The van der Waals surface area contributed by atoms with Crippen LogP contribution in [0, 0.1) is 0 Å². The molecule has 0 saturated carbocycles. The van der Waals surface area contributed by atoms with Crippen molar-refractivity contribution in [3.63, 3.8) is 0 Å². The van der Waals surface area contributed by atoms with Gasteiger partial charge in [0, 0.05) is 19.0 Å². The molecule has 0 bridgehead atoms. The van der Waals surface area contributed by atoms with Crippen molar-refractivity contribution >= 4 is 17.2 Å². The Morgan fingerprint density at radius 1 is 1.38 bits per heavy atom. The summed E-state index contributed by atoms with van der Waals surface area (Å²) in [6.07, 6.45) is 1.25. The molecular formula is C17H18N4O4S. The van der Waals surface area contributed by atoms with Crippen molar-refractivity contribution in [2.75, 3.05) is 19.7 Å². The number of carbonyl (C=O) groups excluding carboxylic acids is 1. The summed E-state index contributed by atoms with van der Waals surface area (Å²) in [6.45, 7) is 3.26. The van der Waals surface area contributed by atoms with E-state index in [4.69, 9.17) is 13.8 Å². The summed E-state index contributed by atoms with van der Waals surface area (Å²) in [7, 11) is 0. The minimum atomic E-state index is -0.448. The fourth-order valence-electron chi connectivity index (χ4n) is 2.79. The van der Waals surface area contributed by atoms with E-state index in [1.807, 2.05) is 24.4 Å². The molecule has 136 valence electrons. The summed E-state index contributed by atoms with van der Waals surface area (Å²) >= 11 is 1.54. The topological polar surface area (TPSA) is 94.5 Å². The molecule has 3 aromatic rings. The van der Waals surface area contributed by atoms with Gasteiger partial charge in [0.2, 0.25) is 5.82 Å². The van der Waals surface area contributed by atoms with Crippen molar-refractivity contribution in [3.8, 4) is 10.7 Å². The van der Waals surface area contributed by atoms with Crippen molar-refractivity contribution in [1.29, 1.82) is 0 Å². The molecule has 8 nitrogen and oxygen atoms in total. The Kier molecular flexibility index (Phi) is 4.81. The SMILES string of the molecule is CCCc1cc(C(=O)N2CCO[C@@H](c3nc(-c4cccs4)no3)C2)no1. The van der Waals surface area contributed by atoms with Gasteiger partial charge in [0.1, 0.15) is 5.76 Å². The van der Waals surface area contributed by atoms with E-state index in [-0.39, 0.29) is 5.91 Å². The summed E-state index contributed by atoms with van der Waals surface area (Å²) in [4.78, 5) is 19.7. The maximum atomic E-state index is 12.7. The van der Waals surface area contributed by atoms with Gasteiger partial charge in [-0.15, -0.1) is 11.3 Å². The predicted octanol–water partition coefficient (Wildman–Crippen LogP) is 2.95. The maximum Gasteiger partial charge on any atom is 0.276 e. The molecule has 1 fully saturated rings. The third-order valence-electron chi connectivity index (χ3n) is 4.09. The molecule has 3 aromatic heterocycles. The van der Waals surface area contributed by atoms with Crippen molar-refractivity contribution in [2.45, 2.75) is 25.9 Å². The second-order valence-electron chi connectivity index (χ2n) is 5.97. The zero-order valence-corrected chi connectivity index (χ0v) is 15.1. The number of hydrogen-bond donors (Lipinski definition) is 0. The van der Waals surface area contributed by atoms with Gasteiger partial charge in [-0.2, -0.15) is 4.98 Å². The number of carbonyl (C=O) groups is 1. The van der Waals surface area contributed by atoms with Crippen LogP contribution in [0.2, 0.25) is 0 Å². The molecule has 4 rings (SSSR count). The molecule has 26 heavy (non-hydrogen) atoms. The van der Waals surface area contributed by atoms with E-state index in [0.717, 1.165) is 23.5 Å². The first kappa shape index (κ1) is 16.9. The van der Waals surface area contributed by atoms with Gasteiger partial charge in [-0.3, -0.25) is 4.79 Å². The standard InChI is InChI=1S/C17H18N4O4S/c1-2-4-11-9-12(19-24-11)17(22)21-6-7-23-13(10-21)16-18-15(20-25-16)14-5-3-8-26-14/h3,5,8-9,13H,2,4,6-7,10H2,1H3/t13-/m1/s1. The number of amides is 1. The average Bonchev–Trinajstić information content (AvgIpc) is 3.41. The van der Waals surface area contributed by atoms with Crippen molar-refractivity contribution in [1.82, 2.24) is 20.2 Å². The van der Waals surface area contributed by atoms with Gasteiger partial charge < -0.3 is 18.7 Å². The highest BCUT2D eigenvalue weighted by atomic mass is 32.1. The monoisotopic (exact) mass is 374 g/mol. The lowest BCUT2D eigenvalue weighted by molar-refractivity contribution is -0.0369. The second kappa shape index (κ2) is 7.38. The number of aromatic nitrogens is 3. The molecule has 0 N–H and O–H groups in total. The number of hydrogen-bond acceptors (Lipinski definition) is 8. The fourth-order valence-corrected chi connectivity index (χ4v) is 3.44. The molecule has 1 saturated heterocycles. The third kappa shape index (κ3) is 3.40. The number of morpholine rings is 1. The highest BCUT2D eigenvalue weighted by Crippen LogP contribution is 2.26. The minimum Gasteiger partial charge on any atom is -0.365 e. The Labute approximate surface area is 153 Å². The van der Waals surface area contributed by atoms with E-state index in [0.29, 0.717) is 37.1 Å². The zero-order valence-electron chi connectivity index (χ0n) is 14.3. The van der Waals surface area contributed by atoms with Crippen LogP contribution in [0.15, 0.2) is 32.6 Å². The quantitative estimate of drug-likeness (QED) is 0.677. The molecule has 1 atom stereocenters. The van der Waals surface area contributed by atoms with Gasteiger partial charge >= 0.3 is 0 Å². The molecule has 0 radical (unpaired) electrons. The summed E-state index contributed by atoms with van der Waals surface area (Å²) in [5, 5.41) is 9.84. The smallest absolute Gasteiger partial charge is 0.276 e. The number of ether oxygens (including phenoxy) is 1. The summed E-state index contributed by atoms with van der Waals surface area (Å²) in [5.41, 5.74) is 0.318. The molecule has 1 aliphatic rings. The number of aryl methyl sites for hydroxylation is 1. The lowest BCUT2D eigenvalue weighted by atomic mass is 10.2. The van der Waals surface area contributed by atoms with E-state index in [9.17, 15) is 4.79 Å². The van der Waals surface area contributed by atoms with Crippen LogP contribution in [-0.4, -0.2) is 45.8 Å². The first-order valence-electron chi connectivity index (χ1n) is 8.48. The first-order valence-corrected chi connectivity index (χ1v) is 9.36. The lowest BCUT2D eigenvalue weighted by Gasteiger charge is -2.30. The largest absolute Gasteiger partial charge is 0.365 e. The summed E-state index contributed by atoms with van der Waals surface area (Å²) < 4.78 is 16.3. The fraction of sp³-hybridized carbons (Fsp3) is 0.412. The van der Waals surface area contributed by atoms with E-state index in [2.05, 4.69) is 15.3 Å². The van der Waals surface area contributed by atoms with E-state index < -0.39 is 6.10 Å². The molecule has 1 amide bonds. The normalized spacial score (nSPS) is 17.6. The molecule has 1 aliphatic heterocycles. The van der Waals surface area contributed by atoms with Gasteiger partial charge in [0.15, 0.2) is 11.8 Å². The van der Waals surface area contributed by atoms with E-state index in [1.54, 1.807) is 11.0 Å². The van der Waals surface area contributed by atoms with E-state index >= 15 is 0 Å². The van der Waals surface area contributed by atoms with Gasteiger partial charge in [0.05, 0.1) is 18.0 Å². The number of thiophene rings is 1. The van der Waals surface area contributed by atoms with Crippen LogP contribution in [0.4, 0.5) is 0 Å². The van der Waals surface area contributed by atoms with Crippen LogP contribution in [0.25, 0.3) is 10.7 Å². The molecule has 4 heterocycles. The second-order valence-corrected chi connectivity index (χ2v) is 6.92. The Morgan fingerprint density at radius 2 is 2.31 bits per heavy atom. The van der Waals surface area contributed by atoms with Crippen LogP contribution in [0.1, 0.15) is 41.6 Å². The van der Waals surface area contributed by atoms with Crippen LogP contribution in [-0.2, 0) is 11.2 Å². The van der Waals surface area contributed by atoms with Gasteiger partial charge in [-0.25, -0.2) is 0 Å². The first-order chi connectivity index (χ1) is 12.7. The Hall–Kier alpha value is -2.52. The van der Waals surface area contributed by atoms with Crippen molar-refractivity contribution in [3.05, 3.63) is 40.9 Å². The maximum absolute atomic E-state index is 12.7. The molecule has 0 aromatic carbocycles. The van der Waals surface area contributed by atoms with E-state index in [1.165, 1.54) is 11.3 Å². The minimum absolute atomic E-state index is 0.178. The lowest BCUT2D eigenvalue weighted by Crippen LogP contribution is -2.42. The summed E-state index contributed by atoms with van der Waals surface area (Å²) in [5.74, 6) is 1.45. The Bertz CT molecular complexity index is 873. The molecule has 0 unspecified atom stereocenters.